The SMILES string of the molecule is C=CCCPCCOCC. The largest absolute Gasteiger partial charge is 0.381 e. The molecule has 0 spiro atoms. The molecule has 60 valence electrons. The predicted molar refractivity (Wildman–Crippen MR) is 49.4 cm³/mol. The zero-order valence-electron chi connectivity index (χ0n) is 6.73. The Morgan fingerprint density at radius 1 is 1.50 bits per heavy atom. The molecule has 0 saturated heterocycles. The van der Waals surface area contributed by atoms with Crippen LogP contribution >= 0.6 is 8.58 Å². The van der Waals surface area contributed by atoms with Gasteiger partial charge in [-0.3, -0.25) is 0 Å². The highest BCUT2D eigenvalue weighted by Crippen LogP contribution is 2.10. The van der Waals surface area contributed by atoms with Crippen LogP contribution < -0.4 is 0 Å². The minimum Gasteiger partial charge on any atom is -0.381 e. The average Bonchev–Trinajstić information content (AvgIpc) is 1.97. The van der Waals surface area contributed by atoms with Crippen LogP contribution in [0.25, 0.3) is 0 Å². The van der Waals surface area contributed by atoms with Gasteiger partial charge in [0.2, 0.25) is 0 Å². The van der Waals surface area contributed by atoms with Gasteiger partial charge in [-0.25, -0.2) is 0 Å². The fourth-order valence-electron chi connectivity index (χ4n) is 0.618. The van der Waals surface area contributed by atoms with Gasteiger partial charge in [0.25, 0.3) is 0 Å². The van der Waals surface area contributed by atoms with Crippen molar-refractivity contribution in [1.82, 2.24) is 0 Å². The Morgan fingerprint density at radius 2 is 2.30 bits per heavy atom. The molecule has 1 atom stereocenters. The van der Waals surface area contributed by atoms with E-state index in [1.54, 1.807) is 0 Å². The highest BCUT2D eigenvalue weighted by Gasteiger charge is 1.85. The van der Waals surface area contributed by atoms with Crippen LogP contribution in [-0.4, -0.2) is 25.5 Å². The number of hydrogen-bond acceptors (Lipinski definition) is 1. The summed E-state index contributed by atoms with van der Waals surface area (Å²) in [5, 5.41) is 0. The van der Waals surface area contributed by atoms with Crippen molar-refractivity contribution in [2.75, 3.05) is 25.5 Å². The van der Waals surface area contributed by atoms with Gasteiger partial charge in [0.15, 0.2) is 0 Å². The smallest absolute Gasteiger partial charge is 0.0502 e. The Hall–Kier alpha value is 0.130. The Morgan fingerprint density at radius 3 is 2.90 bits per heavy atom. The van der Waals surface area contributed by atoms with Crippen molar-refractivity contribution in [3.63, 3.8) is 0 Å². The van der Waals surface area contributed by atoms with Gasteiger partial charge in [0.05, 0.1) is 6.61 Å². The van der Waals surface area contributed by atoms with E-state index in [1.165, 1.54) is 12.3 Å². The molecule has 0 aliphatic rings. The van der Waals surface area contributed by atoms with Crippen molar-refractivity contribution in [3.05, 3.63) is 12.7 Å². The van der Waals surface area contributed by atoms with E-state index >= 15 is 0 Å². The van der Waals surface area contributed by atoms with E-state index in [9.17, 15) is 0 Å². The molecule has 2 heteroatoms. The third kappa shape index (κ3) is 8.13. The molecule has 0 aromatic rings. The lowest BCUT2D eigenvalue weighted by molar-refractivity contribution is 0.164. The van der Waals surface area contributed by atoms with Crippen molar-refractivity contribution in [3.8, 4) is 0 Å². The zero-order valence-corrected chi connectivity index (χ0v) is 7.73. The molecule has 1 unspecified atom stereocenters. The second kappa shape index (κ2) is 9.13. The quantitative estimate of drug-likeness (QED) is 0.315. The van der Waals surface area contributed by atoms with E-state index < -0.39 is 0 Å². The monoisotopic (exact) mass is 160 g/mol. The van der Waals surface area contributed by atoms with Crippen LogP contribution in [0.15, 0.2) is 12.7 Å². The highest BCUT2D eigenvalue weighted by atomic mass is 31.1. The van der Waals surface area contributed by atoms with Gasteiger partial charge in [-0.2, -0.15) is 0 Å². The number of rotatable bonds is 7. The average molecular weight is 160 g/mol. The van der Waals surface area contributed by atoms with E-state index in [2.05, 4.69) is 6.58 Å². The van der Waals surface area contributed by atoms with E-state index in [4.69, 9.17) is 4.74 Å². The zero-order chi connectivity index (χ0) is 7.66. The maximum Gasteiger partial charge on any atom is 0.0502 e. The summed E-state index contributed by atoms with van der Waals surface area (Å²) >= 11 is 0. The lowest BCUT2D eigenvalue weighted by atomic mass is 10.5. The van der Waals surface area contributed by atoms with Crippen LogP contribution in [0.5, 0.6) is 0 Å². The fraction of sp³-hybridized carbons (Fsp3) is 0.750. The summed E-state index contributed by atoms with van der Waals surface area (Å²) in [5.41, 5.74) is 0. The summed E-state index contributed by atoms with van der Waals surface area (Å²) in [4.78, 5) is 0. The summed E-state index contributed by atoms with van der Waals surface area (Å²) in [5.74, 6) is 0. The van der Waals surface area contributed by atoms with Crippen LogP contribution in [0.2, 0.25) is 0 Å². The Bertz CT molecular complexity index is 73.7. The molecule has 0 aromatic heterocycles. The summed E-state index contributed by atoms with van der Waals surface area (Å²) in [6, 6.07) is 0. The van der Waals surface area contributed by atoms with Crippen molar-refractivity contribution in [1.29, 1.82) is 0 Å². The van der Waals surface area contributed by atoms with Crippen LogP contribution in [0.4, 0.5) is 0 Å². The van der Waals surface area contributed by atoms with Gasteiger partial charge in [-0.15, -0.1) is 15.2 Å². The minimum absolute atomic E-state index is 0.853. The van der Waals surface area contributed by atoms with Gasteiger partial charge >= 0.3 is 0 Å². The minimum atomic E-state index is 0.853. The molecule has 10 heavy (non-hydrogen) atoms. The number of ether oxygens (including phenoxy) is 1. The standard InChI is InChI=1S/C8H17OP/c1-3-5-7-10-8-6-9-4-2/h3,10H,1,4-8H2,2H3. The molecule has 0 fully saturated rings. The predicted octanol–water partition coefficient (Wildman–Crippen LogP) is 2.28. The fourth-order valence-corrected chi connectivity index (χ4v) is 1.56. The van der Waals surface area contributed by atoms with Gasteiger partial charge in [0, 0.05) is 6.61 Å². The topological polar surface area (TPSA) is 9.23 Å². The summed E-state index contributed by atoms with van der Waals surface area (Å²) in [6.45, 7) is 7.49. The number of allylic oxidation sites excluding steroid dienone is 1. The second-order valence-electron chi connectivity index (χ2n) is 2.02. The summed E-state index contributed by atoms with van der Waals surface area (Å²) in [6.07, 6.45) is 5.65. The first-order valence-corrected chi connectivity index (χ1v) is 5.22. The Labute approximate surface area is 65.6 Å². The summed E-state index contributed by atoms with van der Waals surface area (Å²) in [7, 11) is 1.05. The van der Waals surface area contributed by atoms with Crippen LogP contribution in [-0.2, 0) is 4.74 Å². The van der Waals surface area contributed by atoms with Gasteiger partial charge in [-0.05, 0) is 25.7 Å². The molecule has 0 radical (unpaired) electrons. The van der Waals surface area contributed by atoms with E-state index in [-0.39, 0.29) is 0 Å². The molecule has 0 N–H and O–H groups in total. The molecule has 0 heterocycles. The first-order chi connectivity index (χ1) is 4.91. The van der Waals surface area contributed by atoms with Gasteiger partial charge in [-0.1, -0.05) is 6.08 Å². The maximum absolute atomic E-state index is 5.19. The third-order valence-electron chi connectivity index (χ3n) is 1.15. The third-order valence-corrected chi connectivity index (χ3v) is 2.35. The summed E-state index contributed by atoms with van der Waals surface area (Å²) < 4.78 is 5.19. The molecule has 0 aromatic carbocycles. The van der Waals surface area contributed by atoms with Crippen LogP contribution in [0.1, 0.15) is 13.3 Å². The molecule has 0 rings (SSSR count). The van der Waals surface area contributed by atoms with E-state index in [1.807, 2.05) is 13.0 Å². The molecular weight excluding hydrogens is 143 g/mol. The van der Waals surface area contributed by atoms with Crippen molar-refractivity contribution in [2.24, 2.45) is 0 Å². The second-order valence-corrected chi connectivity index (χ2v) is 3.52. The first-order valence-electron chi connectivity index (χ1n) is 3.81. The van der Waals surface area contributed by atoms with Crippen molar-refractivity contribution >= 4 is 8.58 Å². The maximum atomic E-state index is 5.19. The first kappa shape index (κ1) is 10.1. The molecule has 0 bridgehead atoms. The number of hydrogen-bond donors (Lipinski definition) is 0. The molecule has 0 aliphatic carbocycles. The molecule has 0 amide bonds. The van der Waals surface area contributed by atoms with Crippen LogP contribution in [0.3, 0.4) is 0 Å². The lowest BCUT2D eigenvalue weighted by Crippen LogP contribution is -1.95. The molecule has 0 aliphatic heterocycles. The molecule has 1 nitrogen and oxygen atoms in total. The normalized spacial score (nSPS) is 10.9. The molecule has 0 saturated carbocycles. The molecular formula is C8H17OP. The van der Waals surface area contributed by atoms with Crippen molar-refractivity contribution in [2.45, 2.75) is 13.3 Å². The van der Waals surface area contributed by atoms with E-state index in [0.717, 1.165) is 28.2 Å². The van der Waals surface area contributed by atoms with E-state index in [0.29, 0.717) is 0 Å². The Kier molecular flexibility index (Phi) is 9.25. The highest BCUT2D eigenvalue weighted by molar-refractivity contribution is 7.37. The van der Waals surface area contributed by atoms with Gasteiger partial charge < -0.3 is 4.74 Å². The lowest BCUT2D eigenvalue weighted by Gasteiger charge is -1.99. The van der Waals surface area contributed by atoms with Crippen molar-refractivity contribution < 1.29 is 4.74 Å². The van der Waals surface area contributed by atoms with Crippen LogP contribution in [0, 0.1) is 0 Å². The van der Waals surface area contributed by atoms with Gasteiger partial charge in [0.1, 0.15) is 0 Å². The Balaban J connectivity index is 2.70.